The summed E-state index contributed by atoms with van der Waals surface area (Å²) in [5, 5.41) is 0. The molecule has 0 bridgehead atoms. The molecule has 90 valence electrons. The molecule has 0 heterocycles. The van der Waals surface area contributed by atoms with E-state index in [1.807, 2.05) is 51.1 Å². The first-order valence-electron chi connectivity index (χ1n) is 5.63. The van der Waals surface area contributed by atoms with Gasteiger partial charge in [0.25, 0.3) is 0 Å². The monoisotopic (exact) mass is 230 g/mol. The van der Waals surface area contributed by atoms with Crippen LogP contribution in [-0.2, 0) is 9.53 Å². The van der Waals surface area contributed by atoms with E-state index in [9.17, 15) is 4.79 Å². The van der Waals surface area contributed by atoms with Gasteiger partial charge in [0.15, 0.2) is 6.10 Å². The Balaban J connectivity index is 2.96. The molecule has 0 spiro atoms. The first-order chi connectivity index (χ1) is 7.88. The lowest BCUT2D eigenvalue weighted by molar-refractivity contribution is -0.144. The van der Waals surface area contributed by atoms with Gasteiger partial charge in [-0.25, -0.2) is 0 Å². The van der Waals surface area contributed by atoms with Crippen molar-refractivity contribution < 1.29 is 9.53 Å². The Bertz CT molecular complexity index is 429. The highest BCUT2D eigenvalue weighted by Gasteiger charge is 2.12. The molecule has 0 aliphatic carbocycles. The van der Waals surface area contributed by atoms with Gasteiger partial charge in [-0.3, -0.25) is 4.79 Å². The van der Waals surface area contributed by atoms with E-state index >= 15 is 0 Å². The number of benzene rings is 1. The predicted molar refractivity (Wildman–Crippen MR) is 68.2 cm³/mol. The molecule has 0 aromatic heterocycles. The van der Waals surface area contributed by atoms with E-state index in [1.165, 1.54) is 6.92 Å². The predicted octanol–water partition coefficient (Wildman–Crippen LogP) is 3.34. The molecule has 0 aliphatic rings. The molecule has 0 saturated heterocycles. The number of ether oxygens (including phenoxy) is 1. The van der Waals surface area contributed by atoms with E-state index in [-0.39, 0.29) is 11.4 Å². The largest absolute Gasteiger partial charge is 0.444 e. The van der Waals surface area contributed by atoms with Gasteiger partial charge in [-0.1, -0.05) is 42.2 Å². The first-order valence-corrected chi connectivity index (χ1v) is 5.63. The van der Waals surface area contributed by atoms with Crippen LogP contribution in [0.15, 0.2) is 30.3 Å². The van der Waals surface area contributed by atoms with Gasteiger partial charge < -0.3 is 4.74 Å². The quantitative estimate of drug-likeness (QED) is 0.575. The maximum Gasteiger partial charge on any atom is 0.304 e. The summed E-state index contributed by atoms with van der Waals surface area (Å²) in [5.41, 5.74) is 0.798. The zero-order valence-electron chi connectivity index (χ0n) is 10.8. The fraction of sp³-hybridized carbons (Fsp3) is 0.400. The van der Waals surface area contributed by atoms with Gasteiger partial charge in [0.1, 0.15) is 0 Å². The van der Waals surface area contributed by atoms with Crippen LogP contribution in [0.1, 0.15) is 39.4 Å². The van der Waals surface area contributed by atoms with Crippen molar-refractivity contribution >= 4 is 5.97 Å². The third-order valence-electron chi connectivity index (χ3n) is 1.96. The summed E-state index contributed by atoms with van der Waals surface area (Å²) in [4.78, 5) is 11.1. The number of hydrogen-bond donors (Lipinski definition) is 0. The van der Waals surface area contributed by atoms with Crippen molar-refractivity contribution in [2.75, 3.05) is 0 Å². The van der Waals surface area contributed by atoms with Gasteiger partial charge in [0.05, 0.1) is 0 Å². The van der Waals surface area contributed by atoms with Crippen LogP contribution in [0, 0.1) is 17.3 Å². The Labute approximate surface area is 103 Å². The van der Waals surface area contributed by atoms with Crippen molar-refractivity contribution in [2.45, 2.75) is 33.8 Å². The molecule has 1 rings (SSSR count). The van der Waals surface area contributed by atoms with Gasteiger partial charge in [-0.05, 0) is 20.8 Å². The van der Waals surface area contributed by atoms with Crippen molar-refractivity contribution in [3.05, 3.63) is 35.9 Å². The van der Waals surface area contributed by atoms with Crippen LogP contribution in [-0.4, -0.2) is 5.97 Å². The molecule has 2 nitrogen and oxygen atoms in total. The molecule has 0 saturated carbocycles. The van der Waals surface area contributed by atoms with Crippen molar-refractivity contribution in [1.29, 1.82) is 0 Å². The van der Waals surface area contributed by atoms with Crippen LogP contribution in [0.5, 0.6) is 0 Å². The van der Waals surface area contributed by atoms with Gasteiger partial charge in [-0.15, -0.1) is 0 Å². The van der Waals surface area contributed by atoms with Crippen LogP contribution in [0.4, 0.5) is 0 Å². The maximum atomic E-state index is 11.1. The van der Waals surface area contributed by atoms with E-state index in [0.717, 1.165) is 5.56 Å². The normalized spacial score (nSPS) is 12.2. The fourth-order valence-corrected chi connectivity index (χ4v) is 1.26. The SMILES string of the molecule is CC(=O)O[C@@H](C#CC(C)(C)C)c1ccccc1. The Morgan fingerprint density at radius 3 is 2.29 bits per heavy atom. The molecular formula is C15H18O2. The Morgan fingerprint density at radius 1 is 1.24 bits per heavy atom. The summed E-state index contributed by atoms with van der Waals surface area (Å²) in [5.74, 6) is 5.80. The summed E-state index contributed by atoms with van der Waals surface area (Å²) in [6, 6.07) is 9.55. The lowest BCUT2D eigenvalue weighted by Crippen LogP contribution is -2.08. The van der Waals surface area contributed by atoms with Crippen LogP contribution < -0.4 is 0 Å². The highest BCUT2D eigenvalue weighted by atomic mass is 16.5. The van der Waals surface area contributed by atoms with Gasteiger partial charge in [0, 0.05) is 17.9 Å². The van der Waals surface area contributed by atoms with Crippen LogP contribution in [0.3, 0.4) is 0 Å². The van der Waals surface area contributed by atoms with Gasteiger partial charge in [0.2, 0.25) is 0 Å². The lowest BCUT2D eigenvalue weighted by atomic mass is 9.97. The molecule has 1 aromatic rings. The van der Waals surface area contributed by atoms with E-state index in [0.29, 0.717) is 0 Å². The Kier molecular flexibility index (Phi) is 4.34. The minimum atomic E-state index is -0.479. The van der Waals surface area contributed by atoms with Crippen molar-refractivity contribution in [3.63, 3.8) is 0 Å². The topological polar surface area (TPSA) is 26.3 Å². The second-order valence-corrected chi connectivity index (χ2v) is 4.92. The zero-order valence-corrected chi connectivity index (χ0v) is 10.8. The smallest absolute Gasteiger partial charge is 0.304 e. The number of carbonyl (C=O) groups is 1. The summed E-state index contributed by atoms with van der Waals surface area (Å²) >= 11 is 0. The minimum Gasteiger partial charge on any atom is -0.444 e. The molecule has 2 heteroatoms. The molecule has 0 aliphatic heterocycles. The second-order valence-electron chi connectivity index (χ2n) is 4.92. The van der Waals surface area contributed by atoms with Crippen molar-refractivity contribution in [1.82, 2.24) is 0 Å². The average molecular weight is 230 g/mol. The molecule has 0 unspecified atom stereocenters. The summed E-state index contributed by atoms with van der Waals surface area (Å²) in [7, 11) is 0. The third kappa shape index (κ3) is 5.21. The summed E-state index contributed by atoms with van der Waals surface area (Å²) in [6.45, 7) is 7.47. The van der Waals surface area contributed by atoms with E-state index < -0.39 is 6.10 Å². The number of rotatable bonds is 2. The fourth-order valence-electron chi connectivity index (χ4n) is 1.26. The molecule has 1 atom stereocenters. The van der Waals surface area contributed by atoms with Gasteiger partial charge in [-0.2, -0.15) is 0 Å². The summed E-state index contributed by atoms with van der Waals surface area (Å²) in [6.07, 6.45) is -0.479. The second kappa shape index (κ2) is 5.54. The molecule has 0 amide bonds. The highest BCUT2D eigenvalue weighted by Crippen LogP contribution is 2.18. The van der Waals surface area contributed by atoms with E-state index in [1.54, 1.807) is 0 Å². The van der Waals surface area contributed by atoms with Crippen LogP contribution in [0.2, 0.25) is 0 Å². The van der Waals surface area contributed by atoms with Crippen molar-refractivity contribution in [3.8, 4) is 11.8 Å². The molecule has 0 radical (unpaired) electrons. The third-order valence-corrected chi connectivity index (χ3v) is 1.96. The van der Waals surface area contributed by atoms with Crippen LogP contribution in [0.25, 0.3) is 0 Å². The number of hydrogen-bond acceptors (Lipinski definition) is 2. The number of carbonyl (C=O) groups excluding carboxylic acids is 1. The average Bonchev–Trinajstić information content (AvgIpc) is 2.24. The van der Waals surface area contributed by atoms with E-state index in [2.05, 4.69) is 11.8 Å². The molecule has 0 fully saturated rings. The van der Waals surface area contributed by atoms with E-state index in [4.69, 9.17) is 4.74 Å². The maximum absolute atomic E-state index is 11.1. The summed E-state index contributed by atoms with van der Waals surface area (Å²) < 4.78 is 5.22. The highest BCUT2D eigenvalue weighted by molar-refractivity contribution is 5.66. The van der Waals surface area contributed by atoms with Crippen LogP contribution >= 0.6 is 0 Å². The van der Waals surface area contributed by atoms with Crippen molar-refractivity contribution in [2.24, 2.45) is 5.41 Å². The zero-order chi connectivity index (χ0) is 12.9. The minimum absolute atomic E-state index is 0.104. The number of esters is 1. The first kappa shape index (κ1) is 13.3. The molecular weight excluding hydrogens is 212 g/mol. The lowest BCUT2D eigenvalue weighted by Gasteiger charge is -2.13. The Morgan fingerprint density at radius 2 is 1.82 bits per heavy atom. The molecule has 1 aromatic carbocycles. The van der Waals surface area contributed by atoms with Gasteiger partial charge >= 0.3 is 5.97 Å². The molecule has 0 N–H and O–H groups in total. The Hall–Kier alpha value is -1.75. The standard InChI is InChI=1S/C15H18O2/c1-12(16)17-14(10-11-15(2,3)4)13-8-6-5-7-9-13/h5-9,14H,1-4H3/t14-/m0/s1. The molecule has 17 heavy (non-hydrogen) atoms.